The van der Waals surface area contributed by atoms with E-state index in [4.69, 9.17) is 14.5 Å². The number of aryl methyl sites for hydroxylation is 2. The third-order valence-corrected chi connectivity index (χ3v) is 5.17. The molecule has 1 aliphatic rings. The molecule has 4 rings (SSSR count). The molecule has 0 saturated carbocycles. The number of ether oxygens (including phenoxy) is 2. The summed E-state index contributed by atoms with van der Waals surface area (Å²) in [7, 11) is 3.81. The number of fused-ring (bicyclic) bond motifs is 1. The monoisotopic (exact) mass is 413 g/mol. The van der Waals surface area contributed by atoms with Crippen LogP contribution < -0.4 is 4.74 Å². The minimum Gasteiger partial charge on any atom is -0.471 e. The van der Waals surface area contributed by atoms with Crippen LogP contribution in [0.25, 0.3) is 22.6 Å². The van der Waals surface area contributed by atoms with Crippen molar-refractivity contribution in [1.82, 2.24) is 34.2 Å². The Morgan fingerprint density at radius 3 is 2.67 bits per heavy atom. The first-order valence-electron chi connectivity index (χ1n) is 9.95. The van der Waals surface area contributed by atoms with Crippen molar-refractivity contribution in [3.63, 3.8) is 0 Å². The Morgan fingerprint density at radius 2 is 2.00 bits per heavy atom. The number of amides is 1. The average molecular weight is 413 g/mol. The van der Waals surface area contributed by atoms with Crippen LogP contribution in [0.15, 0.2) is 12.5 Å². The SMILES string of the molecule is Cc1c(-c2nc3c(OC4CCN(C(=O)OC(C)(C)C)C4)ncnc3n2C)cnn1C. The van der Waals surface area contributed by atoms with Gasteiger partial charge in [-0.25, -0.2) is 14.8 Å². The lowest BCUT2D eigenvalue weighted by molar-refractivity contribution is 0.0275. The van der Waals surface area contributed by atoms with E-state index in [1.807, 2.05) is 51.0 Å². The molecule has 1 atom stereocenters. The van der Waals surface area contributed by atoms with E-state index in [-0.39, 0.29) is 12.2 Å². The molecule has 30 heavy (non-hydrogen) atoms. The molecule has 0 bridgehead atoms. The standard InChI is InChI=1S/C20H27N7O3/c1-12-14(9-23-26(12)6)16-24-15-17(25(16)5)21-11-22-18(15)29-13-7-8-27(10-13)19(28)30-20(2,3)4/h9,11,13H,7-8,10H2,1-6H3. The summed E-state index contributed by atoms with van der Waals surface area (Å²) in [6.45, 7) is 8.59. The Labute approximate surface area is 174 Å². The van der Waals surface area contributed by atoms with Gasteiger partial charge in [0.25, 0.3) is 0 Å². The van der Waals surface area contributed by atoms with Crippen LogP contribution in [0.1, 0.15) is 32.9 Å². The molecule has 10 heteroatoms. The van der Waals surface area contributed by atoms with Gasteiger partial charge in [-0.15, -0.1) is 0 Å². The molecular weight excluding hydrogens is 386 g/mol. The van der Waals surface area contributed by atoms with E-state index >= 15 is 0 Å². The highest BCUT2D eigenvalue weighted by Crippen LogP contribution is 2.29. The van der Waals surface area contributed by atoms with Crippen LogP contribution in [0.5, 0.6) is 5.88 Å². The summed E-state index contributed by atoms with van der Waals surface area (Å²) in [5.74, 6) is 1.17. The predicted octanol–water partition coefficient (Wildman–Crippen LogP) is 2.46. The van der Waals surface area contributed by atoms with Crippen molar-refractivity contribution in [3.8, 4) is 17.3 Å². The zero-order valence-corrected chi connectivity index (χ0v) is 18.2. The number of carbonyl (C=O) groups excluding carboxylic acids is 1. The predicted molar refractivity (Wildman–Crippen MR) is 110 cm³/mol. The van der Waals surface area contributed by atoms with Gasteiger partial charge in [-0.1, -0.05) is 0 Å². The van der Waals surface area contributed by atoms with Gasteiger partial charge < -0.3 is 18.9 Å². The number of nitrogens with zero attached hydrogens (tertiary/aromatic N) is 7. The van der Waals surface area contributed by atoms with Crippen molar-refractivity contribution in [2.45, 2.75) is 45.8 Å². The van der Waals surface area contributed by atoms with E-state index in [9.17, 15) is 4.79 Å². The highest BCUT2D eigenvalue weighted by molar-refractivity contribution is 5.81. The maximum absolute atomic E-state index is 12.3. The molecule has 10 nitrogen and oxygen atoms in total. The lowest BCUT2D eigenvalue weighted by atomic mass is 10.2. The van der Waals surface area contributed by atoms with Gasteiger partial charge >= 0.3 is 6.09 Å². The van der Waals surface area contributed by atoms with Gasteiger partial charge in [-0.3, -0.25) is 4.68 Å². The minimum absolute atomic E-state index is 0.179. The molecule has 4 heterocycles. The lowest BCUT2D eigenvalue weighted by Crippen LogP contribution is -2.36. The average Bonchev–Trinajstić information content (AvgIpc) is 3.35. The molecule has 3 aromatic rings. The first kappa shape index (κ1) is 20.1. The summed E-state index contributed by atoms with van der Waals surface area (Å²) in [4.78, 5) is 27.4. The number of hydrogen-bond acceptors (Lipinski definition) is 7. The van der Waals surface area contributed by atoms with Crippen LogP contribution in [-0.2, 0) is 18.8 Å². The molecule has 1 unspecified atom stereocenters. The normalized spacial score (nSPS) is 17.0. The number of hydrogen-bond donors (Lipinski definition) is 0. The Hall–Kier alpha value is -3.17. The van der Waals surface area contributed by atoms with Crippen LogP contribution in [0.4, 0.5) is 4.79 Å². The Bertz CT molecular complexity index is 1100. The fourth-order valence-corrected chi connectivity index (χ4v) is 3.50. The number of imidazole rings is 1. The molecule has 0 aliphatic carbocycles. The van der Waals surface area contributed by atoms with E-state index in [0.717, 1.165) is 17.1 Å². The smallest absolute Gasteiger partial charge is 0.410 e. The summed E-state index contributed by atoms with van der Waals surface area (Å²) >= 11 is 0. The maximum Gasteiger partial charge on any atom is 0.410 e. The molecular formula is C20H27N7O3. The molecule has 1 amide bonds. The van der Waals surface area contributed by atoms with E-state index in [1.165, 1.54) is 6.33 Å². The van der Waals surface area contributed by atoms with Crippen molar-refractivity contribution in [2.24, 2.45) is 14.1 Å². The molecule has 160 valence electrons. The Morgan fingerprint density at radius 1 is 1.23 bits per heavy atom. The molecule has 3 aromatic heterocycles. The summed E-state index contributed by atoms with van der Waals surface area (Å²) in [5, 5.41) is 4.31. The van der Waals surface area contributed by atoms with Gasteiger partial charge in [0.1, 0.15) is 23.9 Å². The van der Waals surface area contributed by atoms with E-state index in [0.29, 0.717) is 36.6 Å². The molecule has 1 saturated heterocycles. The van der Waals surface area contributed by atoms with Crippen LogP contribution in [0.3, 0.4) is 0 Å². The number of aromatic nitrogens is 6. The number of carbonyl (C=O) groups is 1. The largest absolute Gasteiger partial charge is 0.471 e. The summed E-state index contributed by atoms with van der Waals surface area (Å²) < 4.78 is 15.3. The maximum atomic E-state index is 12.3. The summed E-state index contributed by atoms with van der Waals surface area (Å²) in [5.41, 5.74) is 2.69. The highest BCUT2D eigenvalue weighted by atomic mass is 16.6. The quantitative estimate of drug-likeness (QED) is 0.650. The van der Waals surface area contributed by atoms with Crippen molar-refractivity contribution < 1.29 is 14.3 Å². The van der Waals surface area contributed by atoms with Crippen LogP contribution >= 0.6 is 0 Å². The second-order valence-electron chi connectivity index (χ2n) is 8.57. The van der Waals surface area contributed by atoms with Crippen molar-refractivity contribution >= 4 is 17.3 Å². The summed E-state index contributed by atoms with van der Waals surface area (Å²) in [6.07, 6.45) is 3.46. The Kier molecular flexibility index (Phi) is 4.87. The lowest BCUT2D eigenvalue weighted by Gasteiger charge is -2.24. The van der Waals surface area contributed by atoms with Gasteiger partial charge in [-0.05, 0) is 27.7 Å². The molecule has 0 N–H and O–H groups in total. The van der Waals surface area contributed by atoms with E-state index < -0.39 is 5.60 Å². The van der Waals surface area contributed by atoms with Gasteiger partial charge in [0.05, 0.1) is 18.3 Å². The summed E-state index contributed by atoms with van der Waals surface area (Å²) in [6, 6.07) is 0. The fourth-order valence-electron chi connectivity index (χ4n) is 3.50. The molecule has 0 radical (unpaired) electrons. The number of likely N-dealkylation sites (tertiary alicyclic amines) is 1. The molecule has 1 fully saturated rings. The van der Waals surface area contributed by atoms with Gasteiger partial charge in [0.15, 0.2) is 11.2 Å². The van der Waals surface area contributed by atoms with Crippen molar-refractivity contribution in [3.05, 3.63) is 18.2 Å². The Balaban J connectivity index is 1.57. The first-order valence-corrected chi connectivity index (χ1v) is 9.95. The number of rotatable bonds is 3. The minimum atomic E-state index is -0.524. The van der Waals surface area contributed by atoms with Gasteiger partial charge in [-0.2, -0.15) is 10.1 Å². The zero-order valence-electron chi connectivity index (χ0n) is 18.2. The molecule has 0 spiro atoms. The first-order chi connectivity index (χ1) is 14.1. The molecule has 0 aromatic carbocycles. The zero-order chi connectivity index (χ0) is 21.6. The third kappa shape index (κ3) is 3.69. The van der Waals surface area contributed by atoms with Crippen molar-refractivity contribution in [2.75, 3.05) is 13.1 Å². The van der Waals surface area contributed by atoms with Crippen LogP contribution in [0.2, 0.25) is 0 Å². The van der Waals surface area contributed by atoms with E-state index in [2.05, 4.69) is 15.1 Å². The third-order valence-electron chi connectivity index (χ3n) is 5.17. The second kappa shape index (κ2) is 7.26. The topological polar surface area (TPSA) is 100 Å². The highest BCUT2D eigenvalue weighted by Gasteiger charge is 2.32. The van der Waals surface area contributed by atoms with Crippen LogP contribution in [-0.4, -0.2) is 65.1 Å². The van der Waals surface area contributed by atoms with Crippen LogP contribution in [0, 0.1) is 6.92 Å². The fraction of sp³-hybridized carbons (Fsp3) is 0.550. The van der Waals surface area contributed by atoms with Crippen molar-refractivity contribution in [1.29, 1.82) is 0 Å². The van der Waals surface area contributed by atoms with Gasteiger partial charge in [0.2, 0.25) is 5.88 Å². The second-order valence-corrected chi connectivity index (χ2v) is 8.57. The molecule has 1 aliphatic heterocycles. The van der Waals surface area contributed by atoms with E-state index in [1.54, 1.807) is 11.1 Å². The van der Waals surface area contributed by atoms with Gasteiger partial charge in [0, 0.05) is 32.8 Å².